The fourth-order valence-corrected chi connectivity index (χ4v) is 5.25. The number of urea groups is 1. The first-order valence-corrected chi connectivity index (χ1v) is 9.93. The summed E-state index contributed by atoms with van der Waals surface area (Å²) in [6.07, 6.45) is 8.84. The Kier molecular flexibility index (Phi) is 4.72. The summed E-state index contributed by atoms with van der Waals surface area (Å²) in [7, 11) is 1.93. The molecule has 2 N–H and O–H groups in total. The van der Waals surface area contributed by atoms with Crippen LogP contribution in [0.3, 0.4) is 0 Å². The molecule has 25 heavy (non-hydrogen) atoms. The van der Waals surface area contributed by atoms with Crippen molar-refractivity contribution in [1.29, 1.82) is 0 Å². The predicted molar refractivity (Wildman–Crippen MR) is 98.6 cm³/mol. The van der Waals surface area contributed by atoms with Gasteiger partial charge >= 0.3 is 6.03 Å². The van der Waals surface area contributed by atoms with Gasteiger partial charge in [-0.3, -0.25) is 0 Å². The van der Waals surface area contributed by atoms with Crippen molar-refractivity contribution in [3.05, 3.63) is 34.9 Å². The standard InChI is InChI=1S/C21H30N2O2/c1-23(17-10-8-14(13-24)9-11-17)21(25)22-19-12-16-6-2-4-15-5-3-7-18(19)20(15)16/h3,5,7,14,16-17,19,24H,2,4,6,8-13H2,1H3,(H,22,25). The number of rotatable bonds is 3. The highest BCUT2D eigenvalue weighted by molar-refractivity contribution is 5.75. The molecular formula is C21H30N2O2. The first-order chi connectivity index (χ1) is 12.2. The third kappa shape index (κ3) is 3.17. The molecule has 136 valence electrons. The minimum Gasteiger partial charge on any atom is -0.396 e. The number of aliphatic hydroxyl groups excluding tert-OH is 1. The van der Waals surface area contributed by atoms with Crippen LogP contribution in [-0.2, 0) is 6.42 Å². The van der Waals surface area contributed by atoms with Gasteiger partial charge in [0.15, 0.2) is 0 Å². The molecule has 0 heterocycles. The van der Waals surface area contributed by atoms with E-state index in [4.69, 9.17) is 0 Å². The lowest BCUT2D eigenvalue weighted by molar-refractivity contribution is 0.132. The number of hydrogen-bond acceptors (Lipinski definition) is 2. The molecule has 4 heteroatoms. The van der Waals surface area contributed by atoms with Crippen LogP contribution < -0.4 is 5.32 Å². The van der Waals surface area contributed by atoms with Crippen LogP contribution in [0.15, 0.2) is 18.2 Å². The van der Waals surface area contributed by atoms with Gasteiger partial charge in [0.05, 0.1) is 6.04 Å². The van der Waals surface area contributed by atoms with Crippen LogP contribution in [0.5, 0.6) is 0 Å². The Hall–Kier alpha value is -1.55. The maximum atomic E-state index is 12.8. The zero-order valence-corrected chi connectivity index (χ0v) is 15.2. The van der Waals surface area contributed by atoms with E-state index in [1.54, 1.807) is 0 Å². The smallest absolute Gasteiger partial charge is 0.317 e. The van der Waals surface area contributed by atoms with Crippen LogP contribution in [0.4, 0.5) is 4.79 Å². The van der Waals surface area contributed by atoms with Gasteiger partial charge in [-0.25, -0.2) is 4.79 Å². The highest BCUT2D eigenvalue weighted by Crippen LogP contribution is 2.47. The van der Waals surface area contributed by atoms with Gasteiger partial charge in [-0.15, -0.1) is 0 Å². The number of amides is 2. The Labute approximate surface area is 150 Å². The molecule has 2 amide bonds. The lowest BCUT2D eigenvalue weighted by Crippen LogP contribution is -2.46. The first kappa shape index (κ1) is 16.9. The number of carbonyl (C=O) groups is 1. The molecule has 2 unspecified atom stereocenters. The van der Waals surface area contributed by atoms with E-state index in [1.165, 1.54) is 36.0 Å². The normalized spacial score (nSPS) is 30.6. The number of benzene rings is 1. The summed E-state index contributed by atoms with van der Waals surface area (Å²) in [6.45, 7) is 0.283. The Balaban J connectivity index is 1.41. The molecule has 1 saturated carbocycles. The second-order valence-corrected chi connectivity index (χ2v) is 8.21. The van der Waals surface area contributed by atoms with E-state index in [2.05, 4.69) is 23.5 Å². The number of aliphatic hydroxyl groups is 1. The zero-order valence-electron chi connectivity index (χ0n) is 15.2. The molecule has 4 rings (SSSR count). The minimum atomic E-state index is 0.0636. The van der Waals surface area contributed by atoms with Gasteiger partial charge in [0.1, 0.15) is 0 Å². The fraction of sp³-hybridized carbons (Fsp3) is 0.667. The zero-order chi connectivity index (χ0) is 17.4. The van der Waals surface area contributed by atoms with Crippen LogP contribution >= 0.6 is 0 Å². The van der Waals surface area contributed by atoms with E-state index in [1.807, 2.05) is 11.9 Å². The molecule has 0 radical (unpaired) electrons. The second-order valence-electron chi connectivity index (χ2n) is 8.21. The van der Waals surface area contributed by atoms with E-state index in [9.17, 15) is 9.90 Å². The molecular weight excluding hydrogens is 312 g/mol. The van der Waals surface area contributed by atoms with Gasteiger partial charge in [0.2, 0.25) is 0 Å². The van der Waals surface area contributed by atoms with Crippen molar-refractivity contribution >= 4 is 6.03 Å². The average molecular weight is 342 g/mol. The summed E-state index contributed by atoms with van der Waals surface area (Å²) in [4.78, 5) is 14.7. The molecule has 1 aromatic rings. The molecule has 0 aromatic heterocycles. The second kappa shape index (κ2) is 6.99. The maximum Gasteiger partial charge on any atom is 0.317 e. The van der Waals surface area contributed by atoms with Crippen LogP contribution in [0.2, 0.25) is 0 Å². The lowest BCUT2D eigenvalue weighted by atomic mass is 9.84. The number of nitrogens with zero attached hydrogens (tertiary/aromatic N) is 1. The van der Waals surface area contributed by atoms with Gasteiger partial charge in [0.25, 0.3) is 0 Å². The van der Waals surface area contributed by atoms with Crippen molar-refractivity contribution in [2.45, 2.75) is 69.4 Å². The Morgan fingerprint density at radius 2 is 2.04 bits per heavy atom. The summed E-state index contributed by atoms with van der Waals surface area (Å²) in [5, 5.41) is 12.6. The monoisotopic (exact) mass is 342 g/mol. The topological polar surface area (TPSA) is 52.6 Å². The Morgan fingerprint density at radius 1 is 1.24 bits per heavy atom. The highest BCUT2D eigenvalue weighted by Gasteiger charge is 2.36. The molecule has 0 saturated heterocycles. The number of nitrogens with one attached hydrogen (secondary N) is 1. The fourth-order valence-electron chi connectivity index (χ4n) is 5.25. The lowest BCUT2D eigenvalue weighted by Gasteiger charge is -2.34. The molecule has 3 aliphatic rings. The summed E-state index contributed by atoms with van der Waals surface area (Å²) in [5.41, 5.74) is 4.39. The van der Waals surface area contributed by atoms with E-state index in [0.29, 0.717) is 17.9 Å². The Morgan fingerprint density at radius 3 is 2.80 bits per heavy atom. The molecule has 3 aliphatic carbocycles. The van der Waals surface area contributed by atoms with Gasteiger partial charge in [-0.2, -0.15) is 0 Å². The van der Waals surface area contributed by atoms with Crippen LogP contribution in [0.25, 0.3) is 0 Å². The van der Waals surface area contributed by atoms with Gasteiger partial charge in [-0.1, -0.05) is 18.2 Å². The van der Waals surface area contributed by atoms with Gasteiger partial charge in [0, 0.05) is 19.7 Å². The number of hydrogen-bond donors (Lipinski definition) is 2. The maximum absolute atomic E-state index is 12.8. The predicted octanol–water partition coefficient (Wildman–Crippen LogP) is 3.74. The molecule has 0 bridgehead atoms. The summed E-state index contributed by atoms with van der Waals surface area (Å²) < 4.78 is 0. The van der Waals surface area contributed by atoms with Crippen LogP contribution in [0, 0.1) is 5.92 Å². The Bertz CT molecular complexity index is 637. The number of carbonyl (C=O) groups excluding carboxylic acids is 1. The number of aryl methyl sites for hydroxylation is 1. The molecule has 2 atom stereocenters. The van der Waals surface area contributed by atoms with E-state index in [0.717, 1.165) is 32.1 Å². The van der Waals surface area contributed by atoms with Crippen molar-refractivity contribution in [1.82, 2.24) is 10.2 Å². The van der Waals surface area contributed by atoms with Gasteiger partial charge < -0.3 is 15.3 Å². The van der Waals surface area contributed by atoms with Crippen molar-refractivity contribution in [3.8, 4) is 0 Å². The first-order valence-electron chi connectivity index (χ1n) is 9.93. The van der Waals surface area contributed by atoms with Crippen molar-refractivity contribution in [2.75, 3.05) is 13.7 Å². The summed E-state index contributed by atoms with van der Waals surface area (Å²) in [6, 6.07) is 7.17. The summed E-state index contributed by atoms with van der Waals surface area (Å²) >= 11 is 0. The van der Waals surface area contributed by atoms with Gasteiger partial charge in [-0.05, 0) is 79.9 Å². The molecule has 0 spiro atoms. The quantitative estimate of drug-likeness (QED) is 0.879. The third-order valence-corrected chi connectivity index (χ3v) is 6.77. The molecule has 1 aromatic carbocycles. The van der Waals surface area contributed by atoms with Crippen molar-refractivity contribution in [3.63, 3.8) is 0 Å². The summed E-state index contributed by atoms with van der Waals surface area (Å²) in [5.74, 6) is 1.06. The highest BCUT2D eigenvalue weighted by atomic mass is 16.3. The van der Waals surface area contributed by atoms with E-state index in [-0.39, 0.29) is 18.7 Å². The SMILES string of the molecule is CN(C(=O)NC1CC2CCCc3cccc1c32)C1CCC(CO)CC1. The molecule has 4 nitrogen and oxygen atoms in total. The molecule has 1 fully saturated rings. The third-order valence-electron chi connectivity index (χ3n) is 6.77. The van der Waals surface area contributed by atoms with Crippen LogP contribution in [0.1, 0.15) is 73.6 Å². The largest absolute Gasteiger partial charge is 0.396 e. The minimum absolute atomic E-state index is 0.0636. The van der Waals surface area contributed by atoms with Crippen molar-refractivity contribution in [2.24, 2.45) is 5.92 Å². The van der Waals surface area contributed by atoms with Crippen LogP contribution in [-0.4, -0.2) is 35.7 Å². The molecule has 0 aliphatic heterocycles. The van der Waals surface area contributed by atoms with E-state index >= 15 is 0 Å². The van der Waals surface area contributed by atoms with Crippen molar-refractivity contribution < 1.29 is 9.90 Å². The average Bonchev–Trinajstić information content (AvgIpc) is 3.01. The van der Waals surface area contributed by atoms with E-state index < -0.39 is 0 Å².